The lowest BCUT2D eigenvalue weighted by Crippen LogP contribution is -2.28. The number of benzene rings is 2. The van der Waals surface area contributed by atoms with Crippen LogP contribution in [0.25, 0.3) is 11.3 Å². The summed E-state index contributed by atoms with van der Waals surface area (Å²) in [6.07, 6.45) is 0.575. The van der Waals surface area contributed by atoms with Crippen molar-refractivity contribution in [3.63, 3.8) is 0 Å². The molecule has 7 nitrogen and oxygen atoms in total. The molecule has 0 unspecified atom stereocenters. The second-order valence-electron chi connectivity index (χ2n) is 7.37. The number of ether oxygens (including phenoxy) is 1. The molecule has 3 rings (SSSR count). The largest absolute Gasteiger partial charge is 0.466 e. The minimum Gasteiger partial charge on any atom is -0.466 e. The number of hydrogen-bond donors (Lipinski definition) is 2. The number of nitrogens with one attached hydrogen (secondary N) is 2. The molecule has 3 aromatic rings. The van der Waals surface area contributed by atoms with Gasteiger partial charge in [0, 0.05) is 18.7 Å². The van der Waals surface area contributed by atoms with E-state index in [1.165, 1.54) is 12.1 Å². The van der Waals surface area contributed by atoms with Gasteiger partial charge < -0.3 is 15.4 Å². The van der Waals surface area contributed by atoms with Crippen LogP contribution in [0.1, 0.15) is 34.8 Å². The van der Waals surface area contributed by atoms with E-state index in [9.17, 15) is 19.2 Å². The van der Waals surface area contributed by atoms with E-state index in [-0.39, 0.29) is 25.4 Å². The van der Waals surface area contributed by atoms with Crippen LogP contribution in [0.2, 0.25) is 0 Å². The Bertz CT molecular complexity index is 1210. The van der Waals surface area contributed by atoms with E-state index in [4.69, 9.17) is 4.74 Å². The van der Waals surface area contributed by atoms with Gasteiger partial charge in [-0.3, -0.25) is 9.59 Å². The average molecular weight is 461 g/mol. The van der Waals surface area contributed by atoms with Gasteiger partial charge in [-0.25, -0.2) is 9.37 Å². The Morgan fingerprint density at radius 1 is 1.09 bits per heavy atom. The number of halogens is 1. The van der Waals surface area contributed by atoms with Gasteiger partial charge in [0.05, 0.1) is 35.9 Å². The van der Waals surface area contributed by atoms with Gasteiger partial charge >= 0.3 is 5.97 Å². The van der Waals surface area contributed by atoms with Gasteiger partial charge in [-0.15, -0.1) is 0 Å². The molecule has 0 bridgehead atoms. The van der Waals surface area contributed by atoms with Gasteiger partial charge in [-0.05, 0) is 49.2 Å². The van der Waals surface area contributed by atoms with Crippen LogP contribution in [0.3, 0.4) is 0 Å². The van der Waals surface area contributed by atoms with Crippen LogP contribution in [0.4, 0.5) is 10.2 Å². The molecular formula is C26H25FN4O3. The first-order valence-corrected chi connectivity index (χ1v) is 10.9. The summed E-state index contributed by atoms with van der Waals surface area (Å²) in [5.74, 6) is -0.773. The minimum absolute atomic E-state index is 0.0585. The van der Waals surface area contributed by atoms with Gasteiger partial charge in [0.15, 0.2) is 0 Å². The molecule has 2 N–H and O–H groups in total. The van der Waals surface area contributed by atoms with Gasteiger partial charge in [-0.2, -0.15) is 5.26 Å². The number of nitriles is 1. The summed E-state index contributed by atoms with van der Waals surface area (Å²) in [5.41, 5.74) is 2.74. The topological polar surface area (TPSA) is 104 Å². The van der Waals surface area contributed by atoms with Crippen LogP contribution in [-0.2, 0) is 16.0 Å². The quantitative estimate of drug-likeness (QED) is 0.442. The van der Waals surface area contributed by atoms with E-state index in [1.54, 1.807) is 43.3 Å². The van der Waals surface area contributed by atoms with Crippen molar-refractivity contribution < 1.29 is 18.7 Å². The Hall–Kier alpha value is -4.25. The number of carbonyl (C=O) groups is 2. The summed E-state index contributed by atoms with van der Waals surface area (Å²) >= 11 is 0. The number of amides is 1. The molecule has 1 aromatic heterocycles. The molecule has 1 amide bonds. The number of rotatable bonds is 10. The number of anilines is 1. The first-order chi connectivity index (χ1) is 16.5. The lowest BCUT2D eigenvalue weighted by molar-refractivity contribution is -0.142. The van der Waals surface area contributed by atoms with Gasteiger partial charge in [0.2, 0.25) is 0 Å². The van der Waals surface area contributed by atoms with Crippen molar-refractivity contribution in [1.82, 2.24) is 10.3 Å². The van der Waals surface area contributed by atoms with Gasteiger partial charge in [0.25, 0.3) is 5.91 Å². The molecule has 0 aliphatic heterocycles. The normalized spacial score (nSPS) is 10.3. The fourth-order valence-corrected chi connectivity index (χ4v) is 3.36. The smallest absolute Gasteiger partial charge is 0.307 e. The number of hydrogen-bond acceptors (Lipinski definition) is 6. The average Bonchev–Trinajstić information content (AvgIpc) is 2.84. The third-order valence-corrected chi connectivity index (χ3v) is 4.98. The lowest BCUT2D eigenvalue weighted by atomic mass is 10.0. The third-order valence-electron chi connectivity index (χ3n) is 4.98. The first kappa shape index (κ1) is 24.4. The van der Waals surface area contributed by atoms with Crippen molar-refractivity contribution in [2.24, 2.45) is 0 Å². The molecule has 0 saturated heterocycles. The summed E-state index contributed by atoms with van der Waals surface area (Å²) in [5, 5.41) is 15.3. The Labute approximate surface area is 197 Å². The maximum atomic E-state index is 13.5. The molecule has 0 fully saturated rings. The Morgan fingerprint density at radius 2 is 1.91 bits per heavy atom. The highest BCUT2D eigenvalue weighted by molar-refractivity contribution is 5.99. The molecule has 0 spiro atoms. The van der Waals surface area contributed by atoms with Crippen LogP contribution < -0.4 is 10.6 Å². The fraction of sp³-hybridized carbons (Fsp3) is 0.231. The molecule has 0 aliphatic rings. The van der Waals surface area contributed by atoms with E-state index in [0.717, 1.165) is 5.56 Å². The predicted molar refractivity (Wildman–Crippen MR) is 127 cm³/mol. The van der Waals surface area contributed by atoms with Crippen LogP contribution >= 0.6 is 0 Å². The SMILES string of the molecule is CCOC(=O)CCNC(=O)c1ccc(-c2ccccc2C#N)nc1NCCc1cccc(F)c1. The summed E-state index contributed by atoms with van der Waals surface area (Å²) < 4.78 is 18.4. The van der Waals surface area contributed by atoms with Crippen LogP contribution in [0.15, 0.2) is 60.7 Å². The number of nitrogens with zero attached hydrogens (tertiary/aromatic N) is 2. The van der Waals surface area contributed by atoms with Crippen molar-refractivity contribution in [1.29, 1.82) is 5.26 Å². The minimum atomic E-state index is -0.398. The summed E-state index contributed by atoms with van der Waals surface area (Å²) in [6, 6.07) is 18.8. The molecule has 2 aromatic carbocycles. The third kappa shape index (κ3) is 6.62. The molecule has 174 valence electrons. The molecule has 0 saturated carbocycles. The maximum Gasteiger partial charge on any atom is 0.307 e. The zero-order valence-corrected chi connectivity index (χ0v) is 18.8. The van der Waals surface area contributed by atoms with Crippen molar-refractivity contribution in [2.45, 2.75) is 19.8 Å². The van der Waals surface area contributed by atoms with Gasteiger partial charge in [-0.1, -0.05) is 30.3 Å². The van der Waals surface area contributed by atoms with E-state index in [1.807, 2.05) is 12.1 Å². The van der Waals surface area contributed by atoms with Crippen LogP contribution in [-0.4, -0.2) is 36.6 Å². The predicted octanol–water partition coefficient (Wildman–Crippen LogP) is 4.10. The highest BCUT2D eigenvalue weighted by Crippen LogP contribution is 2.25. The molecule has 1 heterocycles. The first-order valence-electron chi connectivity index (χ1n) is 10.9. The van der Waals surface area contributed by atoms with Crippen LogP contribution in [0.5, 0.6) is 0 Å². The Balaban J connectivity index is 1.81. The van der Waals surface area contributed by atoms with Crippen molar-refractivity contribution >= 4 is 17.7 Å². The maximum absolute atomic E-state index is 13.5. The Morgan fingerprint density at radius 3 is 2.68 bits per heavy atom. The standard InChI is InChI=1S/C26H25FN4O3/c1-2-34-24(32)13-15-30-26(33)22-10-11-23(21-9-4-3-7-19(21)17-28)31-25(22)29-14-12-18-6-5-8-20(27)16-18/h3-11,16H,2,12-15H2,1H3,(H,29,31)(H,30,33). The number of esters is 1. The molecule has 0 radical (unpaired) electrons. The highest BCUT2D eigenvalue weighted by atomic mass is 19.1. The second-order valence-corrected chi connectivity index (χ2v) is 7.37. The van der Waals surface area contributed by atoms with E-state index < -0.39 is 11.9 Å². The fourth-order valence-electron chi connectivity index (χ4n) is 3.36. The number of carbonyl (C=O) groups excluding carboxylic acids is 2. The zero-order chi connectivity index (χ0) is 24.3. The monoisotopic (exact) mass is 460 g/mol. The summed E-state index contributed by atoms with van der Waals surface area (Å²) in [4.78, 5) is 29.0. The van der Waals surface area contributed by atoms with Gasteiger partial charge in [0.1, 0.15) is 11.6 Å². The lowest BCUT2D eigenvalue weighted by Gasteiger charge is -2.14. The molecule has 8 heteroatoms. The molecule has 0 atom stereocenters. The molecule has 34 heavy (non-hydrogen) atoms. The van der Waals surface area contributed by atoms with E-state index >= 15 is 0 Å². The van der Waals surface area contributed by atoms with Crippen molar-refractivity contribution in [2.75, 3.05) is 25.0 Å². The molecule has 0 aliphatic carbocycles. The number of pyridine rings is 1. The van der Waals surface area contributed by atoms with Crippen molar-refractivity contribution in [3.05, 3.63) is 83.2 Å². The number of aromatic nitrogens is 1. The second kappa shape index (κ2) is 12.1. The summed E-state index contributed by atoms with van der Waals surface area (Å²) in [6.45, 7) is 2.53. The zero-order valence-electron chi connectivity index (χ0n) is 18.8. The highest BCUT2D eigenvalue weighted by Gasteiger charge is 2.16. The van der Waals surface area contributed by atoms with Crippen LogP contribution in [0, 0.1) is 17.1 Å². The van der Waals surface area contributed by atoms with E-state index in [0.29, 0.717) is 41.2 Å². The Kier molecular flexibility index (Phi) is 8.69. The van der Waals surface area contributed by atoms with Crippen molar-refractivity contribution in [3.8, 4) is 17.3 Å². The van der Waals surface area contributed by atoms with E-state index in [2.05, 4.69) is 21.7 Å². The summed E-state index contributed by atoms with van der Waals surface area (Å²) in [7, 11) is 0. The molecular weight excluding hydrogens is 435 g/mol.